The number of carbonyl (C=O) groups is 2. The molecular weight excluding hydrogens is 380 g/mol. The van der Waals surface area contributed by atoms with Crippen LogP contribution in [-0.4, -0.2) is 39.9 Å². The molecule has 0 unspecified atom stereocenters. The van der Waals surface area contributed by atoms with Gasteiger partial charge in [0.25, 0.3) is 11.6 Å². The molecule has 0 spiro atoms. The summed E-state index contributed by atoms with van der Waals surface area (Å²) in [5, 5.41) is 7.51. The summed E-state index contributed by atoms with van der Waals surface area (Å²) in [5.41, 5.74) is 3.83. The maximum atomic E-state index is 13.0. The largest absolute Gasteiger partial charge is 0.343 e. The van der Waals surface area contributed by atoms with E-state index in [0.717, 1.165) is 11.3 Å². The number of nitrogens with zero attached hydrogens (tertiary/aromatic N) is 3. The third kappa shape index (κ3) is 4.50. The molecule has 2 aromatic heterocycles. The zero-order valence-electron chi connectivity index (χ0n) is 18.2. The summed E-state index contributed by atoms with van der Waals surface area (Å²) in [4.78, 5) is 31.6. The van der Waals surface area contributed by atoms with Crippen molar-refractivity contribution in [2.45, 2.75) is 47.0 Å². The van der Waals surface area contributed by atoms with Gasteiger partial charge in [-0.25, -0.2) is 4.98 Å². The van der Waals surface area contributed by atoms with Crippen molar-refractivity contribution in [3.63, 3.8) is 0 Å². The van der Waals surface area contributed by atoms with Crippen molar-refractivity contribution in [2.24, 2.45) is 0 Å². The van der Waals surface area contributed by atoms with Crippen molar-refractivity contribution in [1.82, 2.24) is 15.0 Å². The van der Waals surface area contributed by atoms with E-state index in [9.17, 15) is 9.59 Å². The number of pyridine rings is 1. The number of aromatic nitrogens is 2. The number of hydrogen-bond donors (Lipinski definition) is 1. The van der Waals surface area contributed by atoms with Crippen LogP contribution in [0.1, 0.15) is 60.9 Å². The fraction of sp³-hybridized carbons (Fsp3) is 0.391. The molecular formula is C23H28N4O3. The van der Waals surface area contributed by atoms with Gasteiger partial charge in [0.2, 0.25) is 5.91 Å². The van der Waals surface area contributed by atoms with Crippen LogP contribution in [0.25, 0.3) is 11.1 Å². The Balaban J connectivity index is 1.80. The van der Waals surface area contributed by atoms with E-state index in [1.807, 2.05) is 52.0 Å². The van der Waals surface area contributed by atoms with Crippen molar-refractivity contribution in [2.75, 3.05) is 18.4 Å². The fourth-order valence-electron chi connectivity index (χ4n) is 3.36. The van der Waals surface area contributed by atoms with Crippen molar-refractivity contribution in [3.8, 4) is 0 Å². The lowest BCUT2D eigenvalue weighted by Crippen LogP contribution is -2.31. The molecule has 3 rings (SSSR count). The highest BCUT2D eigenvalue weighted by Crippen LogP contribution is 2.26. The molecule has 0 saturated heterocycles. The molecule has 0 aliphatic rings. The molecule has 1 N–H and O–H groups in total. The van der Waals surface area contributed by atoms with Gasteiger partial charge in [-0.05, 0) is 50.5 Å². The van der Waals surface area contributed by atoms with E-state index in [0.29, 0.717) is 47.6 Å². The highest BCUT2D eigenvalue weighted by Gasteiger charge is 2.20. The number of amides is 2. The smallest absolute Gasteiger partial charge is 0.259 e. The van der Waals surface area contributed by atoms with Gasteiger partial charge >= 0.3 is 0 Å². The zero-order chi connectivity index (χ0) is 21.8. The molecule has 0 aliphatic carbocycles. The lowest BCUT2D eigenvalue weighted by atomic mass is 10.0. The molecule has 30 heavy (non-hydrogen) atoms. The standard InChI is InChI=1S/C23H28N4O3/c1-6-27(7-2)20(28)12-16-8-10-17(11-9-16)24-22(29)18-13-19(14(3)4)25-23-21(18)15(5)26-30-23/h8-11,13-14H,6-7,12H2,1-5H3,(H,24,29). The first-order valence-corrected chi connectivity index (χ1v) is 10.3. The Labute approximate surface area is 176 Å². The zero-order valence-corrected chi connectivity index (χ0v) is 18.2. The number of likely N-dealkylation sites (N-methyl/N-ethyl adjacent to an activating group) is 1. The predicted molar refractivity (Wildman–Crippen MR) is 117 cm³/mol. The molecule has 0 atom stereocenters. The maximum absolute atomic E-state index is 13.0. The number of carbonyl (C=O) groups excluding carboxylic acids is 2. The number of benzene rings is 1. The van der Waals surface area contributed by atoms with Gasteiger partial charge in [0.15, 0.2) is 0 Å². The van der Waals surface area contributed by atoms with E-state index in [1.165, 1.54) is 0 Å². The Morgan fingerprint density at radius 3 is 2.40 bits per heavy atom. The topological polar surface area (TPSA) is 88.3 Å². The van der Waals surface area contributed by atoms with Crippen LogP contribution in [0.2, 0.25) is 0 Å². The van der Waals surface area contributed by atoms with Crippen molar-refractivity contribution < 1.29 is 14.1 Å². The molecule has 0 fully saturated rings. The minimum absolute atomic E-state index is 0.0973. The minimum atomic E-state index is -0.248. The number of rotatable bonds is 7. The second kappa shape index (κ2) is 9.07. The number of anilines is 1. The van der Waals surface area contributed by atoms with Crippen molar-refractivity contribution >= 4 is 28.6 Å². The highest BCUT2D eigenvalue weighted by molar-refractivity contribution is 6.12. The van der Waals surface area contributed by atoms with Crippen LogP contribution in [-0.2, 0) is 11.2 Å². The third-order valence-corrected chi connectivity index (χ3v) is 5.16. The molecule has 2 heterocycles. The number of fused-ring (bicyclic) bond motifs is 1. The second-order valence-corrected chi connectivity index (χ2v) is 7.59. The lowest BCUT2D eigenvalue weighted by molar-refractivity contribution is -0.130. The van der Waals surface area contributed by atoms with Gasteiger partial charge in [-0.15, -0.1) is 0 Å². The Morgan fingerprint density at radius 1 is 1.13 bits per heavy atom. The van der Waals surface area contributed by atoms with E-state index >= 15 is 0 Å². The van der Waals surface area contributed by atoms with Gasteiger partial charge in [0.05, 0.1) is 23.1 Å². The first kappa shape index (κ1) is 21.5. The molecule has 7 heteroatoms. The fourth-order valence-corrected chi connectivity index (χ4v) is 3.36. The van der Waals surface area contributed by atoms with Crippen LogP contribution in [0.15, 0.2) is 34.9 Å². The summed E-state index contributed by atoms with van der Waals surface area (Å²) in [6.45, 7) is 11.2. The van der Waals surface area contributed by atoms with Crippen LogP contribution in [0.3, 0.4) is 0 Å². The molecule has 0 radical (unpaired) electrons. The average Bonchev–Trinajstić information content (AvgIpc) is 3.10. The monoisotopic (exact) mass is 408 g/mol. The molecule has 0 bridgehead atoms. The number of hydrogen-bond acceptors (Lipinski definition) is 5. The van der Waals surface area contributed by atoms with Gasteiger partial charge < -0.3 is 14.7 Å². The molecule has 7 nitrogen and oxygen atoms in total. The molecule has 0 aliphatic heterocycles. The first-order chi connectivity index (χ1) is 14.3. The SMILES string of the molecule is CCN(CC)C(=O)Cc1ccc(NC(=O)c2cc(C(C)C)nc3onc(C)c23)cc1. The summed E-state index contributed by atoms with van der Waals surface area (Å²) >= 11 is 0. The lowest BCUT2D eigenvalue weighted by Gasteiger charge is -2.18. The van der Waals surface area contributed by atoms with Crippen molar-refractivity contribution in [3.05, 3.63) is 52.8 Å². The van der Waals surface area contributed by atoms with Crippen LogP contribution < -0.4 is 5.32 Å². The minimum Gasteiger partial charge on any atom is -0.343 e. The normalized spacial score (nSPS) is 11.1. The van der Waals surface area contributed by atoms with Crippen LogP contribution >= 0.6 is 0 Å². The first-order valence-electron chi connectivity index (χ1n) is 10.3. The van der Waals surface area contributed by atoms with E-state index in [4.69, 9.17) is 4.52 Å². The van der Waals surface area contributed by atoms with Gasteiger partial charge in [-0.3, -0.25) is 9.59 Å². The average molecular weight is 409 g/mol. The van der Waals surface area contributed by atoms with Gasteiger partial charge in [0, 0.05) is 24.5 Å². The summed E-state index contributed by atoms with van der Waals surface area (Å²) < 4.78 is 5.29. The van der Waals surface area contributed by atoms with Crippen LogP contribution in [0.4, 0.5) is 5.69 Å². The third-order valence-electron chi connectivity index (χ3n) is 5.16. The summed E-state index contributed by atoms with van der Waals surface area (Å²) in [5.74, 6) is -0.00309. The van der Waals surface area contributed by atoms with E-state index in [2.05, 4.69) is 15.5 Å². The van der Waals surface area contributed by atoms with Crippen molar-refractivity contribution in [1.29, 1.82) is 0 Å². The highest BCUT2D eigenvalue weighted by atomic mass is 16.5. The van der Waals surface area contributed by atoms with E-state index in [-0.39, 0.29) is 17.7 Å². The van der Waals surface area contributed by atoms with E-state index < -0.39 is 0 Å². The van der Waals surface area contributed by atoms with Gasteiger partial charge in [0.1, 0.15) is 0 Å². The number of nitrogens with one attached hydrogen (secondary N) is 1. The quantitative estimate of drug-likeness (QED) is 0.629. The van der Waals surface area contributed by atoms with Crippen LogP contribution in [0, 0.1) is 6.92 Å². The van der Waals surface area contributed by atoms with Gasteiger partial charge in [-0.2, -0.15) is 0 Å². The summed E-state index contributed by atoms with van der Waals surface area (Å²) in [6.07, 6.45) is 0.346. The Hall–Kier alpha value is -3.22. The molecule has 0 saturated carbocycles. The van der Waals surface area contributed by atoms with E-state index in [1.54, 1.807) is 17.9 Å². The Kier molecular flexibility index (Phi) is 6.50. The maximum Gasteiger partial charge on any atom is 0.259 e. The Bertz CT molecular complexity index is 1050. The van der Waals surface area contributed by atoms with Gasteiger partial charge in [-0.1, -0.05) is 31.1 Å². The van der Waals surface area contributed by atoms with Crippen LogP contribution in [0.5, 0.6) is 0 Å². The summed E-state index contributed by atoms with van der Waals surface area (Å²) in [7, 11) is 0. The summed E-state index contributed by atoms with van der Waals surface area (Å²) in [6, 6.07) is 9.15. The molecule has 1 aromatic carbocycles. The second-order valence-electron chi connectivity index (χ2n) is 7.59. The predicted octanol–water partition coefficient (Wildman–Crippen LogP) is 4.32. The molecule has 2 amide bonds. The molecule has 158 valence electrons. The molecule has 3 aromatic rings. The Morgan fingerprint density at radius 2 is 1.80 bits per heavy atom. The number of aryl methyl sites for hydroxylation is 1.